The van der Waals surface area contributed by atoms with E-state index in [1.54, 1.807) is 26.0 Å². The molecule has 1 N–H and O–H groups in total. The molecule has 3 aromatic rings. The van der Waals surface area contributed by atoms with Crippen molar-refractivity contribution in [2.24, 2.45) is 0 Å². The molecule has 0 saturated heterocycles. The maximum atomic E-state index is 12.6. The summed E-state index contributed by atoms with van der Waals surface area (Å²) in [4.78, 5) is 2.23. The van der Waals surface area contributed by atoms with Crippen LogP contribution in [0.25, 0.3) is 0 Å². The summed E-state index contributed by atoms with van der Waals surface area (Å²) in [6.07, 6.45) is 0. The van der Waals surface area contributed by atoms with Gasteiger partial charge in [0, 0.05) is 23.6 Å². The van der Waals surface area contributed by atoms with Gasteiger partial charge in [-0.15, -0.1) is 0 Å². The third-order valence-electron chi connectivity index (χ3n) is 4.05. The first-order valence-electron chi connectivity index (χ1n) is 8.30. The first kappa shape index (κ1) is 18.0. The number of hydrogen-bond donors (Lipinski definition) is 1. The number of aromatic nitrogens is 1. The van der Waals surface area contributed by atoms with E-state index in [0.29, 0.717) is 11.4 Å². The zero-order valence-corrected chi connectivity index (χ0v) is 15.7. The van der Waals surface area contributed by atoms with Gasteiger partial charge in [0.05, 0.1) is 0 Å². The Morgan fingerprint density at radius 2 is 1.62 bits per heavy atom. The summed E-state index contributed by atoms with van der Waals surface area (Å²) in [5.74, 6) is 0.271. The highest BCUT2D eigenvalue weighted by Gasteiger charge is 2.24. The maximum Gasteiger partial charge on any atom is 0.267 e. The maximum absolute atomic E-state index is 12.6. The van der Waals surface area contributed by atoms with E-state index in [9.17, 15) is 8.42 Å². The number of nitrogens with zero attached hydrogens (tertiary/aromatic N) is 2. The van der Waals surface area contributed by atoms with Crippen molar-refractivity contribution in [1.29, 1.82) is 0 Å². The van der Waals surface area contributed by atoms with Crippen LogP contribution in [-0.2, 0) is 10.0 Å². The Hall–Kier alpha value is -2.80. The number of para-hydroxylation sites is 1. The summed E-state index contributed by atoms with van der Waals surface area (Å²) in [5.41, 5.74) is 2.89. The van der Waals surface area contributed by atoms with Crippen molar-refractivity contribution in [3.8, 4) is 0 Å². The predicted molar refractivity (Wildman–Crippen MR) is 102 cm³/mol. The minimum absolute atomic E-state index is 0.0843. The smallest absolute Gasteiger partial charge is 0.267 e. The van der Waals surface area contributed by atoms with Crippen LogP contribution in [0.1, 0.15) is 18.4 Å². The molecule has 0 aliphatic rings. The molecule has 0 bridgehead atoms. The molecule has 1 aromatic heterocycles. The third-order valence-corrected chi connectivity index (χ3v) is 5.68. The second-order valence-electron chi connectivity index (χ2n) is 5.89. The number of benzene rings is 2. The van der Waals surface area contributed by atoms with Gasteiger partial charge in [-0.25, -0.2) is 8.42 Å². The lowest BCUT2D eigenvalue weighted by atomic mass is 10.2. The number of hydrogen-bond acceptors (Lipinski definition) is 5. The zero-order valence-electron chi connectivity index (χ0n) is 14.9. The number of anilines is 3. The van der Waals surface area contributed by atoms with E-state index in [2.05, 4.69) is 21.7 Å². The van der Waals surface area contributed by atoms with Crippen molar-refractivity contribution in [2.75, 3.05) is 16.2 Å². The van der Waals surface area contributed by atoms with Crippen molar-refractivity contribution in [3.05, 3.63) is 66.1 Å². The van der Waals surface area contributed by atoms with Crippen LogP contribution in [0.4, 0.5) is 17.1 Å². The molecule has 6 nitrogen and oxygen atoms in total. The van der Waals surface area contributed by atoms with Crippen molar-refractivity contribution < 1.29 is 12.9 Å². The fraction of sp³-hybridized carbons (Fsp3) is 0.211. The second kappa shape index (κ2) is 7.21. The van der Waals surface area contributed by atoms with Gasteiger partial charge in [-0.2, -0.15) is 0 Å². The van der Waals surface area contributed by atoms with E-state index in [1.165, 1.54) is 0 Å². The van der Waals surface area contributed by atoms with Crippen molar-refractivity contribution in [2.45, 2.75) is 25.7 Å². The molecule has 0 aliphatic heterocycles. The van der Waals surface area contributed by atoms with Crippen LogP contribution in [0.5, 0.6) is 0 Å². The predicted octanol–water partition coefficient (Wildman–Crippen LogP) is 4.25. The Bertz CT molecular complexity index is 961. The highest BCUT2D eigenvalue weighted by Crippen LogP contribution is 2.27. The van der Waals surface area contributed by atoms with Crippen LogP contribution < -0.4 is 9.62 Å². The molecular weight excluding hydrogens is 350 g/mol. The van der Waals surface area contributed by atoms with Gasteiger partial charge in [-0.05, 0) is 57.2 Å². The van der Waals surface area contributed by atoms with E-state index in [4.69, 9.17) is 4.52 Å². The highest BCUT2D eigenvalue weighted by atomic mass is 32.2. The fourth-order valence-electron chi connectivity index (χ4n) is 2.90. The topological polar surface area (TPSA) is 75.4 Å². The minimum atomic E-state index is -3.74. The molecule has 0 unspecified atom stereocenters. The van der Waals surface area contributed by atoms with Gasteiger partial charge in [0.15, 0.2) is 10.7 Å². The number of aryl methyl sites for hydroxylation is 2. The van der Waals surface area contributed by atoms with E-state index in [1.807, 2.05) is 42.5 Å². The van der Waals surface area contributed by atoms with Gasteiger partial charge in [-0.1, -0.05) is 23.4 Å². The molecule has 0 spiro atoms. The first-order valence-corrected chi connectivity index (χ1v) is 9.79. The Balaban J connectivity index is 1.84. The van der Waals surface area contributed by atoms with E-state index >= 15 is 0 Å². The number of sulfonamides is 1. The molecule has 1 heterocycles. The highest BCUT2D eigenvalue weighted by molar-refractivity contribution is 7.92. The van der Waals surface area contributed by atoms with Gasteiger partial charge < -0.3 is 9.42 Å². The van der Waals surface area contributed by atoms with Gasteiger partial charge >= 0.3 is 0 Å². The lowest BCUT2D eigenvalue weighted by Crippen LogP contribution is -2.16. The summed E-state index contributed by atoms with van der Waals surface area (Å²) in [7, 11) is -3.74. The quantitative estimate of drug-likeness (QED) is 0.701. The lowest BCUT2D eigenvalue weighted by molar-refractivity contribution is 0.390. The summed E-state index contributed by atoms with van der Waals surface area (Å²) < 4.78 is 32.7. The SMILES string of the molecule is CCN(c1ccccc1)c1ccc(NS(=O)(=O)c2c(C)noc2C)cc1. The third kappa shape index (κ3) is 3.57. The zero-order chi connectivity index (χ0) is 18.7. The Morgan fingerprint density at radius 1 is 1.00 bits per heavy atom. The van der Waals surface area contributed by atoms with Gasteiger partial charge in [0.2, 0.25) is 0 Å². The minimum Gasteiger partial charge on any atom is -0.360 e. The molecule has 136 valence electrons. The number of nitrogens with one attached hydrogen (secondary N) is 1. The molecule has 0 aliphatic carbocycles. The average molecular weight is 371 g/mol. The molecule has 0 saturated carbocycles. The largest absolute Gasteiger partial charge is 0.360 e. The fourth-order valence-corrected chi connectivity index (χ4v) is 4.29. The summed E-state index contributed by atoms with van der Waals surface area (Å²) in [5, 5.41) is 3.71. The van der Waals surface area contributed by atoms with Gasteiger partial charge in [-0.3, -0.25) is 4.72 Å². The Labute approximate surface area is 153 Å². The molecule has 0 radical (unpaired) electrons. The molecular formula is C19H21N3O3S. The van der Waals surface area contributed by atoms with Crippen LogP contribution in [0.15, 0.2) is 64.0 Å². The average Bonchev–Trinajstić information content (AvgIpc) is 2.97. The molecule has 26 heavy (non-hydrogen) atoms. The Kier molecular flexibility index (Phi) is 4.99. The molecule has 7 heteroatoms. The van der Waals surface area contributed by atoms with Crippen LogP contribution in [0.3, 0.4) is 0 Å². The monoisotopic (exact) mass is 371 g/mol. The first-order chi connectivity index (χ1) is 12.4. The van der Waals surface area contributed by atoms with Crippen LogP contribution in [0, 0.1) is 13.8 Å². The Morgan fingerprint density at radius 3 is 2.15 bits per heavy atom. The lowest BCUT2D eigenvalue weighted by Gasteiger charge is -2.23. The van der Waals surface area contributed by atoms with Crippen molar-refractivity contribution >= 4 is 27.1 Å². The molecule has 0 amide bonds. The molecule has 0 fully saturated rings. The number of rotatable bonds is 6. The molecule has 3 rings (SSSR count). The summed E-state index contributed by atoms with van der Waals surface area (Å²) in [6, 6.07) is 17.3. The molecule has 0 atom stereocenters. The van der Waals surface area contributed by atoms with Crippen LogP contribution >= 0.6 is 0 Å². The summed E-state index contributed by atoms with van der Waals surface area (Å²) >= 11 is 0. The van der Waals surface area contributed by atoms with Crippen molar-refractivity contribution in [1.82, 2.24) is 5.16 Å². The molecule has 2 aromatic carbocycles. The van der Waals surface area contributed by atoms with E-state index < -0.39 is 10.0 Å². The standard InChI is InChI=1S/C19H21N3O3S/c1-4-22(17-8-6-5-7-9-17)18-12-10-16(11-13-18)21-26(23,24)19-14(2)20-25-15(19)3/h5-13,21H,4H2,1-3H3. The second-order valence-corrected chi connectivity index (χ2v) is 7.50. The van der Waals surface area contributed by atoms with Gasteiger partial charge in [0.1, 0.15) is 5.69 Å². The summed E-state index contributed by atoms with van der Waals surface area (Å²) in [6.45, 7) is 6.05. The van der Waals surface area contributed by atoms with Crippen molar-refractivity contribution in [3.63, 3.8) is 0 Å². The van der Waals surface area contributed by atoms with Crippen LogP contribution in [0.2, 0.25) is 0 Å². The normalized spacial score (nSPS) is 11.3. The van der Waals surface area contributed by atoms with Crippen LogP contribution in [-0.4, -0.2) is 20.1 Å². The van der Waals surface area contributed by atoms with Gasteiger partial charge in [0.25, 0.3) is 10.0 Å². The van der Waals surface area contributed by atoms with E-state index in [-0.39, 0.29) is 10.7 Å². The van der Waals surface area contributed by atoms with E-state index in [0.717, 1.165) is 17.9 Å².